The van der Waals surface area contributed by atoms with Crippen molar-refractivity contribution in [3.63, 3.8) is 0 Å². The van der Waals surface area contributed by atoms with Gasteiger partial charge in [-0.25, -0.2) is 0 Å². The fourth-order valence-corrected chi connectivity index (χ4v) is 1.31. The summed E-state index contributed by atoms with van der Waals surface area (Å²) in [7, 11) is 1.86. The average Bonchev–Trinajstić information content (AvgIpc) is 2.57. The lowest BCUT2D eigenvalue weighted by molar-refractivity contribution is 0.316. The van der Waals surface area contributed by atoms with Crippen LogP contribution in [-0.2, 0) is 13.5 Å². The summed E-state index contributed by atoms with van der Waals surface area (Å²) >= 11 is 0. The maximum atomic E-state index is 8.52. The third kappa shape index (κ3) is 2.61. The van der Waals surface area contributed by atoms with E-state index in [0.717, 1.165) is 17.8 Å². The zero-order valence-electron chi connectivity index (χ0n) is 9.23. The van der Waals surface area contributed by atoms with Crippen molar-refractivity contribution in [2.75, 3.05) is 5.32 Å². The molecule has 0 fully saturated rings. The third-order valence-electron chi connectivity index (χ3n) is 2.17. The SMILES string of the molecule is CCc1nn(C)cc1NC(C)/C(N)=N/O. The number of amidine groups is 1. The van der Waals surface area contributed by atoms with Gasteiger partial charge in [-0.3, -0.25) is 4.68 Å². The van der Waals surface area contributed by atoms with Crippen LogP contribution in [0.3, 0.4) is 0 Å². The first-order valence-electron chi connectivity index (χ1n) is 4.85. The molecule has 0 aromatic carbocycles. The maximum Gasteiger partial charge on any atom is 0.161 e. The summed E-state index contributed by atoms with van der Waals surface area (Å²) in [5.41, 5.74) is 7.36. The van der Waals surface area contributed by atoms with E-state index >= 15 is 0 Å². The highest BCUT2D eigenvalue weighted by Crippen LogP contribution is 2.14. The fourth-order valence-electron chi connectivity index (χ4n) is 1.31. The molecule has 0 radical (unpaired) electrons. The van der Waals surface area contributed by atoms with Crippen LogP contribution in [0.15, 0.2) is 11.4 Å². The Bertz CT molecular complexity index is 357. The Morgan fingerprint density at radius 3 is 3.00 bits per heavy atom. The number of rotatable bonds is 4. The van der Waals surface area contributed by atoms with E-state index in [4.69, 9.17) is 10.9 Å². The van der Waals surface area contributed by atoms with E-state index in [9.17, 15) is 0 Å². The molecule has 0 saturated carbocycles. The van der Waals surface area contributed by atoms with Crippen molar-refractivity contribution in [2.45, 2.75) is 26.3 Å². The first-order chi connectivity index (χ1) is 7.08. The lowest BCUT2D eigenvalue weighted by Gasteiger charge is -2.12. The molecule has 15 heavy (non-hydrogen) atoms. The quantitative estimate of drug-likeness (QED) is 0.293. The Hall–Kier alpha value is -1.72. The van der Waals surface area contributed by atoms with E-state index < -0.39 is 0 Å². The molecule has 1 aromatic rings. The lowest BCUT2D eigenvalue weighted by Crippen LogP contribution is -2.33. The number of nitrogens with one attached hydrogen (secondary N) is 1. The number of hydrogen-bond donors (Lipinski definition) is 3. The Labute approximate surface area is 88.8 Å². The molecular weight excluding hydrogens is 194 g/mol. The number of anilines is 1. The van der Waals surface area contributed by atoms with Gasteiger partial charge < -0.3 is 16.3 Å². The van der Waals surface area contributed by atoms with Crippen LogP contribution >= 0.6 is 0 Å². The van der Waals surface area contributed by atoms with Gasteiger partial charge in [0, 0.05) is 13.2 Å². The van der Waals surface area contributed by atoms with Crippen molar-refractivity contribution in [1.82, 2.24) is 9.78 Å². The number of aromatic nitrogens is 2. The smallest absolute Gasteiger partial charge is 0.161 e. The molecule has 1 atom stereocenters. The van der Waals surface area contributed by atoms with Gasteiger partial charge in [-0.2, -0.15) is 5.10 Å². The summed E-state index contributed by atoms with van der Waals surface area (Å²) in [5, 5.41) is 18.9. The van der Waals surface area contributed by atoms with Crippen molar-refractivity contribution >= 4 is 11.5 Å². The summed E-state index contributed by atoms with van der Waals surface area (Å²) in [6.45, 7) is 3.85. The monoisotopic (exact) mass is 211 g/mol. The highest BCUT2D eigenvalue weighted by molar-refractivity contribution is 5.87. The molecule has 1 rings (SSSR count). The van der Waals surface area contributed by atoms with Gasteiger partial charge in [0.05, 0.1) is 17.4 Å². The van der Waals surface area contributed by atoms with E-state index in [1.165, 1.54) is 0 Å². The Kier molecular flexibility index (Phi) is 3.54. The molecule has 1 unspecified atom stereocenters. The molecule has 0 aliphatic heterocycles. The summed E-state index contributed by atoms with van der Waals surface area (Å²) < 4.78 is 1.74. The van der Waals surface area contributed by atoms with Crippen molar-refractivity contribution < 1.29 is 5.21 Å². The summed E-state index contributed by atoms with van der Waals surface area (Å²) in [6.07, 6.45) is 2.71. The molecule has 1 aromatic heterocycles. The van der Waals surface area contributed by atoms with Crippen LogP contribution in [0, 0.1) is 0 Å². The van der Waals surface area contributed by atoms with Crippen LogP contribution in [0.4, 0.5) is 5.69 Å². The van der Waals surface area contributed by atoms with Crippen LogP contribution in [0.2, 0.25) is 0 Å². The summed E-state index contributed by atoms with van der Waals surface area (Å²) in [4.78, 5) is 0. The second kappa shape index (κ2) is 4.68. The summed E-state index contributed by atoms with van der Waals surface area (Å²) in [6, 6.07) is -0.218. The van der Waals surface area contributed by atoms with Crippen LogP contribution in [0.1, 0.15) is 19.5 Å². The third-order valence-corrected chi connectivity index (χ3v) is 2.17. The van der Waals surface area contributed by atoms with Gasteiger partial charge in [-0.15, -0.1) is 0 Å². The van der Waals surface area contributed by atoms with Gasteiger partial charge in [-0.05, 0) is 13.3 Å². The molecule has 84 valence electrons. The van der Waals surface area contributed by atoms with E-state index in [0.29, 0.717) is 0 Å². The Morgan fingerprint density at radius 2 is 2.47 bits per heavy atom. The second-order valence-electron chi connectivity index (χ2n) is 3.41. The molecule has 0 saturated heterocycles. The lowest BCUT2D eigenvalue weighted by atomic mass is 10.2. The number of oxime groups is 1. The van der Waals surface area contributed by atoms with Gasteiger partial charge in [0.25, 0.3) is 0 Å². The maximum absolute atomic E-state index is 8.52. The van der Waals surface area contributed by atoms with Gasteiger partial charge in [0.2, 0.25) is 0 Å². The molecule has 0 spiro atoms. The van der Waals surface area contributed by atoms with Crippen molar-refractivity contribution in [3.05, 3.63) is 11.9 Å². The van der Waals surface area contributed by atoms with Crippen LogP contribution < -0.4 is 11.1 Å². The molecule has 6 nitrogen and oxygen atoms in total. The van der Waals surface area contributed by atoms with Crippen LogP contribution in [0.5, 0.6) is 0 Å². The Morgan fingerprint density at radius 1 is 1.80 bits per heavy atom. The van der Waals surface area contributed by atoms with Crippen molar-refractivity contribution in [1.29, 1.82) is 0 Å². The average molecular weight is 211 g/mol. The number of nitrogens with zero attached hydrogens (tertiary/aromatic N) is 3. The molecule has 0 aliphatic carbocycles. The molecular formula is C9H17N5O. The molecule has 0 bridgehead atoms. The zero-order chi connectivity index (χ0) is 11.4. The molecule has 0 aliphatic rings. The minimum absolute atomic E-state index is 0.154. The minimum atomic E-state index is -0.218. The van der Waals surface area contributed by atoms with Crippen LogP contribution in [0.25, 0.3) is 0 Å². The Balaban J connectivity index is 2.79. The minimum Gasteiger partial charge on any atom is -0.409 e. The number of nitrogens with two attached hydrogens (primary N) is 1. The van der Waals surface area contributed by atoms with Crippen molar-refractivity contribution in [3.8, 4) is 0 Å². The largest absolute Gasteiger partial charge is 0.409 e. The van der Waals surface area contributed by atoms with Gasteiger partial charge in [0.15, 0.2) is 5.84 Å². The summed E-state index contributed by atoms with van der Waals surface area (Å²) in [5.74, 6) is 0.154. The van der Waals surface area contributed by atoms with E-state index in [-0.39, 0.29) is 11.9 Å². The molecule has 4 N–H and O–H groups in total. The number of hydrogen-bond acceptors (Lipinski definition) is 4. The zero-order valence-corrected chi connectivity index (χ0v) is 9.23. The standard InChI is InChI=1S/C9H17N5O/c1-4-7-8(5-14(3)12-7)11-6(2)9(10)13-15/h5-6,11,15H,4H2,1-3H3,(H2,10,13). The predicted octanol–water partition coefficient (Wildman–Crippen LogP) is 0.529. The first-order valence-corrected chi connectivity index (χ1v) is 4.85. The topological polar surface area (TPSA) is 88.5 Å². The molecule has 0 amide bonds. The van der Waals surface area contributed by atoms with E-state index in [1.54, 1.807) is 4.68 Å². The van der Waals surface area contributed by atoms with Gasteiger partial charge >= 0.3 is 0 Å². The van der Waals surface area contributed by atoms with E-state index in [2.05, 4.69) is 15.6 Å². The molecule has 6 heteroatoms. The second-order valence-corrected chi connectivity index (χ2v) is 3.41. The highest BCUT2D eigenvalue weighted by Gasteiger charge is 2.11. The van der Waals surface area contributed by atoms with Crippen LogP contribution in [-0.4, -0.2) is 26.9 Å². The highest BCUT2D eigenvalue weighted by atomic mass is 16.4. The fraction of sp³-hybridized carbons (Fsp3) is 0.556. The predicted molar refractivity (Wildman–Crippen MR) is 59.1 cm³/mol. The molecule has 1 heterocycles. The van der Waals surface area contributed by atoms with E-state index in [1.807, 2.05) is 27.1 Å². The van der Waals surface area contributed by atoms with Gasteiger partial charge in [0.1, 0.15) is 0 Å². The van der Waals surface area contributed by atoms with Crippen molar-refractivity contribution in [2.24, 2.45) is 17.9 Å². The van der Waals surface area contributed by atoms with Gasteiger partial charge in [-0.1, -0.05) is 12.1 Å². The first kappa shape index (κ1) is 11.4. The number of aryl methyl sites for hydroxylation is 2. The normalized spacial score (nSPS) is 13.9.